The van der Waals surface area contributed by atoms with Crippen LogP contribution in [0.15, 0.2) is 24.3 Å². The van der Waals surface area contributed by atoms with Crippen LogP contribution in [0.3, 0.4) is 0 Å². The van der Waals surface area contributed by atoms with Gasteiger partial charge < -0.3 is 15.3 Å². The van der Waals surface area contributed by atoms with Gasteiger partial charge in [-0.25, -0.2) is 4.39 Å². The lowest BCUT2D eigenvalue weighted by atomic mass is 10.1. The van der Waals surface area contributed by atoms with Crippen molar-refractivity contribution in [3.05, 3.63) is 30.1 Å². The molecule has 0 amide bonds. The van der Waals surface area contributed by atoms with Crippen LogP contribution < -0.4 is 10.2 Å². The smallest absolute Gasteiger partial charge is 0.125 e. The van der Waals surface area contributed by atoms with Gasteiger partial charge in [-0.2, -0.15) is 0 Å². The van der Waals surface area contributed by atoms with Crippen molar-refractivity contribution in [2.45, 2.75) is 25.4 Å². The summed E-state index contributed by atoms with van der Waals surface area (Å²) in [5, 5.41) is 12.4. The number of nitrogens with zero attached hydrogens (tertiary/aromatic N) is 1. The fourth-order valence-corrected chi connectivity index (χ4v) is 2.39. The van der Waals surface area contributed by atoms with Crippen molar-refractivity contribution in [3.8, 4) is 0 Å². The molecule has 1 saturated heterocycles. The van der Waals surface area contributed by atoms with E-state index in [-0.39, 0.29) is 18.5 Å². The van der Waals surface area contributed by atoms with Crippen molar-refractivity contribution < 1.29 is 9.50 Å². The first-order valence-corrected chi connectivity index (χ1v) is 6.06. The van der Waals surface area contributed by atoms with Crippen LogP contribution in [0.5, 0.6) is 0 Å². The summed E-state index contributed by atoms with van der Waals surface area (Å²) in [6.07, 6.45) is 0.732. The minimum atomic E-state index is -0.201. The molecule has 0 aliphatic carbocycles. The van der Waals surface area contributed by atoms with Crippen LogP contribution in [0, 0.1) is 5.82 Å². The maximum atomic E-state index is 13.2. The van der Waals surface area contributed by atoms with E-state index in [2.05, 4.69) is 17.1 Å². The van der Waals surface area contributed by atoms with Gasteiger partial charge in [-0.3, -0.25) is 0 Å². The third-order valence-electron chi connectivity index (χ3n) is 3.11. The number of aliphatic hydroxyl groups excluding tert-OH is 1. The molecule has 0 aromatic heterocycles. The summed E-state index contributed by atoms with van der Waals surface area (Å²) in [7, 11) is 0. The van der Waals surface area contributed by atoms with Crippen molar-refractivity contribution in [2.75, 3.05) is 24.6 Å². The minimum absolute atomic E-state index is 0.182. The van der Waals surface area contributed by atoms with Gasteiger partial charge in [-0.15, -0.1) is 0 Å². The largest absolute Gasteiger partial charge is 0.396 e. The van der Waals surface area contributed by atoms with Gasteiger partial charge in [0.2, 0.25) is 0 Å². The number of nitrogens with one attached hydrogen (secondary N) is 1. The molecule has 2 atom stereocenters. The van der Waals surface area contributed by atoms with E-state index in [0.29, 0.717) is 6.04 Å². The van der Waals surface area contributed by atoms with Gasteiger partial charge >= 0.3 is 0 Å². The molecule has 2 rings (SSSR count). The summed E-state index contributed by atoms with van der Waals surface area (Å²) >= 11 is 0. The first kappa shape index (κ1) is 12.3. The number of benzene rings is 1. The topological polar surface area (TPSA) is 35.5 Å². The Kier molecular flexibility index (Phi) is 3.97. The van der Waals surface area contributed by atoms with E-state index in [1.807, 2.05) is 6.07 Å². The maximum Gasteiger partial charge on any atom is 0.125 e. The number of anilines is 1. The van der Waals surface area contributed by atoms with Crippen molar-refractivity contribution in [3.63, 3.8) is 0 Å². The van der Waals surface area contributed by atoms with E-state index in [9.17, 15) is 4.39 Å². The molecule has 0 bridgehead atoms. The van der Waals surface area contributed by atoms with Gasteiger partial charge in [0.05, 0.1) is 0 Å². The number of halogens is 1. The second-order valence-electron chi connectivity index (χ2n) is 4.66. The quantitative estimate of drug-likeness (QED) is 0.835. The van der Waals surface area contributed by atoms with Gasteiger partial charge in [0, 0.05) is 37.5 Å². The van der Waals surface area contributed by atoms with Crippen molar-refractivity contribution in [1.82, 2.24) is 5.32 Å². The van der Waals surface area contributed by atoms with Crippen molar-refractivity contribution in [2.24, 2.45) is 0 Å². The number of hydrogen-bond donors (Lipinski definition) is 2. The standard InChI is InChI=1S/C13H19FN2O/c1-10-8-16(9-12(15-10)5-6-17)13-4-2-3-11(14)7-13/h2-4,7,10,12,15,17H,5-6,8-9H2,1H3. The molecule has 1 heterocycles. The lowest BCUT2D eigenvalue weighted by Gasteiger charge is -2.39. The second-order valence-corrected chi connectivity index (χ2v) is 4.66. The third-order valence-corrected chi connectivity index (χ3v) is 3.11. The highest BCUT2D eigenvalue weighted by Gasteiger charge is 2.23. The minimum Gasteiger partial charge on any atom is -0.396 e. The molecule has 2 N–H and O–H groups in total. The van der Waals surface area contributed by atoms with Gasteiger partial charge in [-0.1, -0.05) is 6.07 Å². The predicted octanol–water partition coefficient (Wildman–Crippen LogP) is 1.37. The Balaban J connectivity index is 2.09. The van der Waals surface area contributed by atoms with Crippen LogP contribution in [0.25, 0.3) is 0 Å². The van der Waals surface area contributed by atoms with Crippen molar-refractivity contribution in [1.29, 1.82) is 0 Å². The highest BCUT2D eigenvalue weighted by Crippen LogP contribution is 2.19. The molecule has 1 aromatic rings. The molecule has 1 aliphatic heterocycles. The van der Waals surface area contributed by atoms with Gasteiger partial charge in [0.1, 0.15) is 5.82 Å². The first-order chi connectivity index (χ1) is 8.19. The normalized spacial score (nSPS) is 25.0. The third kappa shape index (κ3) is 3.17. The molecule has 2 unspecified atom stereocenters. The van der Waals surface area contributed by atoms with Crippen LogP contribution in [0.1, 0.15) is 13.3 Å². The highest BCUT2D eigenvalue weighted by molar-refractivity contribution is 5.47. The lowest BCUT2D eigenvalue weighted by Crippen LogP contribution is -2.55. The van der Waals surface area contributed by atoms with E-state index in [1.54, 1.807) is 12.1 Å². The average molecular weight is 238 g/mol. The molecule has 0 spiro atoms. The molecular weight excluding hydrogens is 219 g/mol. The number of piperazine rings is 1. The molecule has 3 nitrogen and oxygen atoms in total. The number of hydrogen-bond acceptors (Lipinski definition) is 3. The lowest BCUT2D eigenvalue weighted by molar-refractivity contribution is 0.250. The van der Waals surface area contributed by atoms with E-state index in [1.165, 1.54) is 6.07 Å². The van der Waals surface area contributed by atoms with Crippen LogP contribution in [0.2, 0.25) is 0 Å². The molecular formula is C13H19FN2O. The summed E-state index contributed by atoms with van der Waals surface area (Å²) < 4.78 is 13.2. The molecule has 4 heteroatoms. The van der Waals surface area contributed by atoms with Gasteiger partial charge in [-0.05, 0) is 31.5 Å². The van der Waals surface area contributed by atoms with Crippen LogP contribution >= 0.6 is 0 Å². The molecule has 0 saturated carbocycles. The van der Waals surface area contributed by atoms with E-state index >= 15 is 0 Å². The SMILES string of the molecule is CC1CN(c2cccc(F)c2)CC(CCO)N1. The zero-order valence-electron chi connectivity index (χ0n) is 10.1. The number of rotatable bonds is 3. The fourth-order valence-electron chi connectivity index (χ4n) is 2.39. The van der Waals surface area contributed by atoms with Crippen molar-refractivity contribution >= 4 is 5.69 Å². The maximum absolute atomic E-state index is 13.2. The fraction of sp³-hybridized carbons (Fsp3) is 0.538. The summed E-state index contributed by atoms with van der Waals surface area (Å²) in [6, 6.07) is 7.31. The van der Waals surface area contributed by atoms with Gasteiger partial charge in [0.15, 0.2) is 0 Å². The molecule has 1 aromatic carbocycles. The Bertz CT molecular complexity index is 372. The Hall–Kier alpha value is -1.13. The Labute approximate surface area is 101 Å². The van der Waals surface area contributed by atoms with Gasteiger partial charge in [0.25, 0.3) is 0 Å². The van der Waals surface area contributed by atoms with E-state index in [4.69, 9.17) is 5.11 Å². The zero-order valence-corrected chi connectivity index (χ0v) is 10.1. The molecule has 1 aliphatic rings. The van der Waals surface area contributed by atoms with E-state index in [0.717, 1.165) is 25.2 Å². The molecule has 94 valence electrons. The zero-order chi connectivity index (χ0) is 12.3. The monoisotopic (exact) mass is 238 g/mol. The van der Waals surface area contributed by atoms with Crippen LogP contribution in [-0.4, -0.2) is 36.9 Å². The average Bonchev–Trinajstić information content (AvgIpc) is 2.28. The molecule has 17 heavy (non-hydrogen) atoms. The summed E-state index contributed by atoms with van der Waals surface area (Å²) in [5.41, 5.74) is 0.918. The first-order valence-electron chi connectivity index (χ1n) is 6.06. The molecule has 1 fully saturated rings. The van der Waals surface area contributed by atoms with E-state index < -0.39 is 0 Å². The Morgan fingerprint density at radius 1 is 1.47 bits per heavy atom. The molecule has 0 radical (unpaired) electrons. The highest BCUT2D eigenvalue weighted by atomic mass is 19.1. The Morgan fingerprint density at radius 2 is 2.29 bits per heavy atom. The van der Waals surface area contributed by atoms with Crippen LogP contribution in [0.4, 0.5) is 10.1 Å². The second kappa shape index (κ2) is 5.47. The summed E-state index contributed by atoms with van der Waals surface area (Å²) in [4.78, 5) is 2.17. The number of aliphatic hydroxyl groups is 1. The van der Waals surface area contributed by atoms with Crippen LogP contribution in [-0.2, 0) is 0 Å². The summed E-state index contributed by atoms with van der Waals surface area (Å²) in [6.45, 7) is 3.97. The predicted molar refractivity (Wildman–Crippen MR) is 66.7 cm³/mol. The summed E-state index contributed by atoms with van der Waals surface area (Å²) in [5.74, 6) is -0.201. The Morgan fingerprint density at radius 3 is 3.00 bits per heavy atom.